The third-order valence-corrected chi connectivity index (χ3v) is 1.13. The molecule has 0 aromatic heterocycles. The van der Waals surface area contributed by atoms with Crippen molar-refractivity contribution in [1.29, 1.82) is 0 Å². The molecule has 0 spiro atoms. The van der Waals surface area contributed by atoms with Crippen LogP contribution in [0.2, 0.25) is 0 Å². The molecule has 5 nitrogen and oxygen atoms in total. The summed E-state index contributed by atoms with van der Waals surface area (Å²) in [7, 11) is 0. The number of rotatable bonds is 4. The highest BCUT2D eigenvalue weighted by Gasteiger charge is 2.21. The van der Waals surface area contributed by atoms with Crippen molar-refractivity contribution in [3.8, 4) is 0 Å². The first-order chi connectivity index (χ1) is 4.63. The Kier molecular flexibility index (Phi) is 4.13. The molecule has 0 saturated carbocycles. The van der Waals surface area contributed by atoms with Gasteiger partial charge >= 0.3 is 0 Å². The standard InChI is InChI=1S/C5H11NO4/c6-3(1-7)5(10)4(9)2-8/h1,3-5,8-10H,2,6H2/t3-,4-,5-/m0/s1. The largest absolute Gasteiger partial charge is 0.394 e. The average molecular weight is 149 g/mol. The molecular formula is C5H11NO4. The fraction of sp³-hybridized carbons (Fsp3) is 0.800. The van der Waals surface area contributed by atoms with Crippen LogP contribution in [0, 0.1) is 0 Å². The Morgan fingerprint density at radius 1 is 1.50 bits per heavy atom. The first kappa shape index (κ1) is 9.51. The van der Waals surface area contributed by atoms with Gasteiger partial charge < -0.3 is 25.8 Å². The number of aliphatic hydroxyl groups excluding tert-OH is 3. The highest BCUT2D eigenvalue weighted by Crippen LogP contribution is 1.94. The van der Waals surface area contributed by atoms with Gasteiger partial charge in [-0.1, -0.05) is 0 Å². The van der Waals surface area contributed by atoms with Gasteiger partial charge in [-0.3, -0.25) is 0 Å². The molecule has 0 aliphatic carbocycles. The highest BCUT2D eigenvalue weighted by atomic mass is 16.4. The first-order valence-corrected chi connectivity index (χ1v) is 2.81. The molecule has 0 unspecified atom stereocenters. The Morgan fingerprint density at radius 2 is 2.00 bits per heavy atom. The van der Waals surface area contributed by atoms with Crippen LogP contribution in [0.3, 0.4) is 0 Å². The van der Waals surface area contributed by atoms with Crippen molar-refractivity contribution in [2.75, 3.05) is 6.61 Å². The van der Waals surface area contributed by atoms with E-state index in [1.807, 2.05) is 0 Å². The van der Waals surface area contributed by atoms with E-state index in [0.29, 0.717) is 6.29 Å². The second-order valence-electron chi connectivity index (χ2n) is 1.95. The van der Waals surface area contributed by atoms with E-state index in [4.69, 9.17) is 21.1 Å². The normalized spacial score (nSPS) is 19.6. The predicted molar refractivity (Wildman–Crippen MR) is 33.1 cm³/mol. The Labute approximate surface area is 58.1 Å². The zero-order chi connectivity index (χ0) is 8.15. The first-order valence-electron chi connectivity index (χ1n) is 2.81. The highest BCUT2D eigenvalue weighted by molar-refractivity contribution is 5.58. The average Bonchev–Trinajstić information content (AvgIpc) is 2.00. The number of nitrogens with two attached hydrogens (primary N) is 1. The summed E-state index contributed by atoms with van der Waals surface area (Å²) in [6, 6.07) is -1.14. The molecular weight excluding hydrogens is 138 g/mol. The maximum Gasteiger partial charge on any atom is 0.139 e. The summed E-state index contributed by atoms with van der Waals surface area (Å²) in [5.74, 6) is 0. The number of carbonyl (C=O) groups excluding carboxylic acids is 1. The number of aliphatic hydroxyl groups is 3. The number of aldehydes is 1. The fourth-order valence-corrected chi connectivity index (χ4v) is 0.445. The second kappa shape index (κ2) is 4.35. The van der Waals surface area contributed by atoms with Crippen molar-refractivity contribution in [3.05, 3.63) is 0 Å². The van der Waals surface area contributed by atoms with Crippen LogP contribution in [-0.2, 0) is 4.79 Å². The minimum atomic E-state index is -1.39. The smallest absolute Gasteiger partial charge is 0.139 e. The maximum absolute atomic E-state index is 9.89. The zero-order valence-corrected chi connectivity index (χ0v) is 5.34. The van der Waals surface area contributed by atoms with Crippen molar-refractivity contribution in [2.24, 2.45) is 5.73 Å². The van der Waals surface area contributed by atoms with Gasteiger partial charge in [-0.05, 0) is 0 Å². The van der Waals surface area contributed by atoms with Crippen LogP contribution in [0.5, 0.6) is 0 Å². The minimum absolute atomic E-state index is 0.309. The fourth-order valence-electron chi connectivity index (χ4n) is 0.445. The molecule has 60 valence electrons. The number of hydrogen-bond acceptors (Lipinski definition) is 5. The summed E-state index contributed by atoms with van der Waals surface area (Å²) in [4.78, 5) is 9.89. The van der Waals surface area contributed by atoms with Crippen molar-refractivity contribution in [1.82, 2.24) is 0 Å². The van der Waals surface area contributed by atoms with Gasteiger partial charge in [-0.15, -0.1) is 0 Å². The van der Waals surface area contributed by atoms with Crippen molar-refractivity contribution >= 4 is 6.29 Å². The van der Waals surface area contributed by atoms with Gasteiger partial charge in [0.25, 0.3) is 0 Å². The lowest BCUT2D eigenvalue weighted by Crippen LogP contribution is -2.45. The van der Waals surface area contributed by atoms with Gasteiger partial charge in [-0.25, -0.2) is 0 Å². The monoisotopic (exact) mass is 149 g/mol. The molecule has 3 atom stereocenters. The van der Waals surface area contributed by atoms with E-state index in [0.717, 1.165) is 0 Å². The Balaban J connectivity index is 3.80. The molecule has 0 amide bonds. The molecule has 0 aromatic rings. The lowest BCUT2D eigenvalue weighted by molar-refractivity contribution is -0.114. The van der Waals surface area contributed by atoms with E-state index < -0.39 is 24.9 Å². The van der Waals surface area contributed by atoms with Gasteiger partial charge in [0.1, 0.15) is 18.5 Å². The van der Waals surface area contributed by atoms with Gasteiger partial charge in [-0.2, -0.15) is 0 Å². The maximum atomic E-state index is 9.89. The Hall–Kier alpha value is -0.490. The molecule has 10 heavy (non-hydrogen) atoms. The SMILES string of the molecule is N[C@@H](C=O)[C@H](O)[C@@H](O)CO. The van der Waals surface area contributed by atoms with E-state index >= 15 is 0 Å². The summed E-state index contributed by atoms with van der Waals surface area (Å²) in [5.41, 5.74) is 5.00. The lowest BCUT2D eigenvalue weighted by Gasteiger charge is -2.17. The predicted octanol–water partition coefficient (Wildman–Crippen LogP) is -2.77. The molecule has 0 fully saturated rings. The van der Waals surface area contributed by atoms with E-state index in [-0.39, 0.29) is 0 Å². The third kappa shape index (κ3) is 2.40. The lowest BCUT2D eigenvalue weighted by atomic mass is 10.1. The Bertz CT molecular complexity index is 108. The van der Waals surface area contributed by atoms with Crippen molar-refractivity contribution in [3.63, 3.8) is 0 Å². The van der Waals surface area contributed by atoms with Crippen molar-refractivity contribution in [2.45, 2.75) is 18.2 Å². The molecule has 0 aliphatic heterocycles. The minimum Gasteiger partial charge on any atom is -0.394 e. The van der Waals surface area contributed by atoms with E-state index in [1.54, 1.807) is 0 Å². The molecule has 0 aromatic carbocycles. The number of hydrogen-bond donors (Lipinski definition) is 4. The summed E-state index contributed by atoms with van der Waals surface area (Å²) in [5, 5.41) is 25.8. The molecule has 5 N–H and O–H groups in total. The van der Waals surface area contributed by atoms with Crippen LogP contribution in [0.1, 0.15) is 0 Å². The molecule has 0 heterocycles. The summed E-state index contributed by atoms with van der Waals surface area (Å²) >= 11 is 0. The molecule has 0 radical (unpaired) electrons. The molecule has 0 bridgehead atoms. The van der Waals surface area contributed by atoms with Crippen LogP contribution in [0.15, 0.2) is 0 Å². The Morgan fingerprint density at radius 3 is 2.30 bits per heavy atom. The molecule has 0 aliphatic rings. The molecule has 5 heteroatoms. The van der Waals surface area contributed by atoms with Crippen LogP contribution in [0.25, 0.3) is 0 Å². The third-order valence-electron chi connectivity index (χ3n) is 1.13. The topological polar surface area (TPSA) is 104 Å². The summed E-state index contributed by atoms with van der Waals surface area (Å²) in [6.07, 6.45) is -2.42. The van der Waals surface area contributed by atoms with E-state index in [1.165, 1.54) is 0 Å². The summed E-state index contributed by atoms with van der Waals surface area (Å²) < 4.78 is 0. The van der Waals surface area contributed by atoms with Crippen LogP contribution < -0.4 is 5.73 Å². The van der Waals surface area contributed by atoms with E-state index in [9.17, 15) is 4.79 Å². The summed E-state index contributed by atoms with van der Waals surface area (Å²) in [6.45, 7) is -0.608. The van der Waals surface area contributed by atoms with Gasteiger partial charge in [0, 0.05) is 0 Å². The quantitative estimate of drug-likeness (QED) is 0.324. The van der Waals surface area contributed by atoms with Crippen LogP contribution in [-0.4, -0.2) is 46.5 Å². The van der Waals surface area contributed by atoms with Crippen LogP contribution in [0.4, 0.5) is 0 Å². The zero-order valence-electron chi connectivity index (χ0n) is 5.34. The van der Waals surface area contributed by atoms with Gasteiger partial charge in [0.15, 0.2) is 0 Å². The molecule has 0 rings (SSSR count). The van der Waals surface area contributed by atoms with Gasteiger partial charge in [0.05, 0.1) is 12.6 Å². The van der Waals surface area contributed by atoms with Crippen LogP contribution >= 0.6 is 0 Å². The molecule has 0 saturated heterocycles. The second-order valence-corrected chi connectivity index (χ2v) is 1.95. The number of carbonyl (C=O) groups is 1. The van der Waals surface area contributed by atoms with Gasteiger partial charge in [0.2, 0.25) is 0 Å². The van der Waals surface area contributed by atoms with Crippen molar-refractivity contribution < 1.29 is 20.1 Å². The van der Waals surface area contributed by atoms with E-state index in [2.05, 4.69) is 0 Å².